The number of pyridine rings is 1. The van der Waals surface area contributed by atoms with Gasteiger partial charge in [0.25, 0.3) is 0 Å². The van der Waals surface area contributed by atoms with Crippen LogP contribution in [0.1, 0.15) is 18.4 Å². The van der Waals surface area contributed by atoms with Crippen LogP contribution in [-0.4, -0.2) is 30.1 Å². The average Bonchev–Trinajstić information content (AvgIpc) is 3.04. The number of carbonyl (C=O) groups excluding carboxylic acids is 1. The number of aromatic nitrogens is 1. The average molecular weight is 282 g/mol. The van der Waals surface area contributed by atoms with Gasteiger partial charge < -0.3 is 10.1 Å². The number of para-hydroxylation sites is 1. The van der Waals surface area contributed by atoms with E-state index in [-0.39, 0.29) is 12.0 Å². The highest BCUT2D eigenvalue weighted by Gasteiger charge is 2.15. The first-order valence-corrected chi connectivity index (χ1v) is 7.24. The predicted octanol–water partition coefficient (Wildman–Crippen LogP) is 2.54. The van der Waals surface area contributed by atoms with Crippen LogP contribution in [0, 0.1) is 0 Å². The number of rotatable bonds is 4. The summed E-state index contributed by atoms with van der Waals surface area (Å²) < 4.78 is 5.47. The zero-order valence-corrected chi connectivity index (χ0v) is 11.8. The molecule has 0 spiro atoms. The van der Waals surface area contributed by atoms with Crippen molar-refractivity contribution in [1.29, 1.82) is 0 Å². The highest BCUT2D eigenvalue weighted by atomic mass is 16.5. The second kappa shape index (κ2) is 6.50. The van der Waals surface area contributed by atoms with Crippen LogP contribution in [-0.2, 0) is 9.53 Å². The molecule has 1 N–H and O–H groups in total. The van der Waals surface area contributed by atoms with E-state index in [1.165, 1.54) is 0 Å². The molecule has 4 nitrogen and oxygen atoms in total. The first kappa shape index (κ1) is 13.8. The molecule has 4 heteroatoms. The molecule has 1 unspecified atom stereocenters. The van der Waals surface area contributed by atoms with Gasteiger partial charge in [-0.05, 0) is 25.0 Å². The Morgan fingerprint density at radius 1 is 1.38 bits per heavy atom. The van der Waals surface area contributed by atoms with Gasteiger partial charge in [-0.25, -0.2) is 0 Å². The molecule has 1 aromatic carbocycles. The summed E-state index contributed by atoms with van der Waals surface area (Å²) in [5, 5.41) is 3.94. The molecule has 21 heavy (non-hydrogen) atoms. The van der Waals surface area contributed by atoms with Crippen LogP contribution in [0.4, 0.5) is 0 Å². The van der Waals surface area contributed by atoms with E-state index in [1.54, 1.807) is 18.3 Å². The number of nitrogens with one attached hydrogen (secondary N) is 1. The number of carbonyl (C=O) groups is 1. The van der Waals surface area contributed by atoms with E-state index in [0.29, 0.717) is 6.54 Å². The zero-order valence-electron chi connectivity index (χ0n) is 11.8. The van der Waals surface area contributed by atoms with Gasteiger partial charge in [-0.3, -0.25) is 9.78 Å². The molecule has 1 fully saturated rings. The van der Waals surface area contributed by atoms with Crippen molar-refractivity contribution in [2.24, 2.45) is 0 Å². The lowest BCUT2D eigenvalue weighted by Gasteiger charge is -2.08. The maximum atomic E-state index is 11.8. The number of hydrogen-bond acceptors (Lipinski definition) is 3. The van der Waals surface area contributed by atoms with Gasteiger partial charge in [0, 0.05) is 36.4 Å². The van der Waals surface area contributed by atoms with Crippen molar-refractivity contribution in [2.45, 2.75) is 18.9 Å². The third-order valence-electron chi connectivity index (χ3n) is 3.61. The topological polar surface area (TPSA) is 51.2 Å². The Balaban J connectivity index is 1.65. The fourth-order valence-corrected chi connectivity index (χ4v) is 2.51. The Bertz CT molecular complexity index is 655. The van der Waals surface area contributed by atoms with Crippen molar-refractivity contribution in [3.8, 4) is 0 Å². The smallest absolute Gasteiger partial charge is 0.244 e. The van der Waals surface area contributed by atoms with Crippen molar-refractivity contribution < 1.29 is 9.53 Å². The van der Waals surface area contributed by atoms with E-state index in [0.717, 1.165) is 35.9 Å². The van der Waals surface area contributed by atoms with Gasteiger partial charge in [0.1, 0.15) is 0 Å². The highest BCUT2D eigenvalue weighted by molar-refractivity contribution is 5.95. The fourth-order valence-electron chi connectivity index (χ4n) is 2.51. The summed E-state index contributed by atoms with van der Waals surface area (Å²) in [5.74, 6) is -0.0987. The second-order valence-electron chi connectivity index (χ2n) is 5.14. The Hall–Kier alpha value is -2.20. The molecule has 1 aliphatic rings. The summed E-state index contributed by atoms with van der Waals surface area (Å²) in [7, 11) is 0. The lowest BCUT2D eigenvalue weighted by molar-refractivity contribution is -0.116. The van der Waals surface area contributed by atoms with Crippen LogP contribution in [0.25, 0.3) is 17.0 Å². The molecule has 2 aromatic rings. The van der Waals surface area contributed by atoms with Crippen molar-refractivity contribution in [2.75, 3.05) is 13.2 Å². The van der Waals surface area contributed by atoms with E-state index >= 15 is 0 Å². The first-order valence-electron chi connectivity index (χ1n) is 7.24. The number of amides is 1. The minimum absolute atomic E-state index is 0.0987. The number of benzene rings is 1. The fraction of sp³-hybridized carbons (Fsp3) is 0.294. The monoisotopic (exact) mass is 282 g/mol. The zero-order chi connectivity index (χ0) is 14.5. The Kier molecular flexibility index (Phi) is 4.26. The van der Waals surface area contributed by atoms with E-state index in [4.69, 9.17) is 4.74 Å². The minimum Gasteiger partial charge on any atom is -0.376 e. The van der Waals surface area contributed by atoms with Crippen LogP contribution in [0.3, 0.4) is 0 Å². The molecule has 0 aliphatic carbocycles. The Labute approximate surface area is 123 Å². The van der Waals surface area contributed by atoms with E-state index in [1.807, 2.05) is 30.3 Å². The standard InChI is InChI=1S/C17H18N2O2/c20-16(19-12-15-7-3-11-21-15)9-8-14-5-1-4-13-6-2-10-18-17(13)14/h1-2,4-6,8-10,15H,3,7,11-12H2,(H,19,20)/b9-8+. The molecular weight excluding hydrogens is 264 g/mol. The Morgan fingerprint density at radius 3 is 3.14 bits per heavy atom. The second-order valence-corrected chi connectivity index (χ2v) is 5.14. The van der Waals surface area contributed by atoms with E-state index in [9.17, 15) is 4.79 Å². The summed E-state index contributed by atoms with van der Waals surface area (Å²) >= 11 is 0. The third kappa shape index (κ3) is 3.47. The maximum Gasteiger partial charge on any atom is 0.244 e. The lowest BCUT2D eigenvalue weighted by Crippen LogP contribution is -2.30. The molecular formula is C17H18N2O2. The molecule has 0 saturated carbocycles. The van der Waals surface area contributed by atoms with Crippen LogP contribution in [0.15, 0.2) is 42.6 Å². The largest absolute Gasteiger partial charge is 0.376 e. The SMILES string of the molecule is O=C(/C=C/c1cccc2cccnc12)NCC1CCCO1. The lowest BCUT2D eigenvalue weighted by atomic mass is 10.1. The number of hydrogen-bond donors (Lipinski definition) is 1. The molecule has 1 amide bonds. The summed E-state index contributed by atoms with van der Waals surface area (Å²) in [5.41, 5.74) is 1.85. The predicted molar refractivity (Wildman–Crippen MR) is 82.8 cm³/mol. The summed E-state index contributed by atoms with van der Waals surface area (Å²) in [6.07, 6.45) is 7.40. The van der Waals surface area contributed by atoms with E-state index in [2.05, 4.69) is 10.3 Å². The molecule has 108 valence electrons. The summed E-state index contributed by atoms with van der Waals surface area (Å²) in [6, 6.07) is 9.85. The number of ether oxygens (including phenoxy) is 1. The number of fused-ring (bicyclic) bond motifs is 1. The summed E-state index contributed by atoms with van der Waals surface area (Å²) in [6.45, 7) is 1.38. The van der Waals surface area contributed by atoms with Crippen molar-refractivity contribution in [1.82, 2.24) is 10.3 Å². The normalized spacial score (nSPS) is 18.4. The van der Waals surface area contributed by atoms with Gasteiger partial charge in [0.15, 0.2) is 0 Å². The van der Waals surface area contributed by atoms with Crippen molar-refractivity contribution >= 4 is 22.9 Å². The van der Waals surface area contributed by atoms with Gasteiger partial charge in [0.2, 0.25) is 5.91 Å². The maximum absolute atomic E-state index is 11.8. The van der Waals surface area contributed by atoms with Gasteiger partial charge in [-0.15, -0.1) is 0 Å². The van der Waals surface area contributed by atoms with Gasteiger partial charge in [-0.1, -0.05) is 24.3 Å². The highest BCUT2D eigenvalue weighted by Crippen LogP contribution is 2.17. The third-order valence-corrected chi connectivity index (χ3v) is 3.61. The van der Waals surface area contributed by atoms with Gasteiger partial charge in [0.05, 0.1) is 11.6 Å². The molecule has 1 aromatic heterocycles. The van der Waals surface area contributed by atoms with Crippen LogP contribution < -0.4 is 5.32 Å². The first-order chi connectivity index (χ1) is 10.3. The van der Waals surface area contributed by atoms with Gasteiger partial charge in [-0.2, -0.15) is 0 Å². The van der Waals surface area contributed by atoms with E-state index < -0.39 is 0 Å². The molecule has 2 heterocycles. The minimum atomic E-state index is -0.0987. The Morgan fingerprint density at radius 2 is 2.29 bits per heavy atom. The quantitative estimate of drug-likeness (QED) is 0.877. The van der Waals surface area contributed by atoms with Crippen molar-refractivity contribution in [3.05, 3.63) is 48.2 Å². The molecule has 1 saturated heterocycles. The van der Waals surface area contributed by atoms with Crippen LogP contribution >= 0.6 is 0 Å². The summed E-state index contributed by atoms with van der Waals surface area (Å²) in [4.78, 5) is 16.2. The molecule has 0 bridgehead atoms. The van der Waals surface area contributed by atoms with Crippen LogP contribution in [0.5, 0.6) is 0 Å². The van der Waals surface area contributed by atoms with Gasteiger partial charge >= 0.3 is 0 Å². The molecule has 0 radical (unpaired) electrons. The molecule has 1 aliphatic heterocycles. The van der Waals surface area contributed by atoms with Crippen molar-refractivity contribution in [3.63, 3.8) is 0 Å². The molecule has 3 rings (SSSR count). The molecule has 1 atom stereocenters. The van der Waals surface area contributed by atoms with Crippen LogP contribution in [0.2, 0.25) is 0 Å². The number of nitrogens with zero attached hydrogens (tertiary/aromatic N) is 1.